The summed E-state index contributed by atoms with van der Waals surface area (Å²) in [5.41, 5.74) is 10.1. The third-order valence-corrected chi connectivity index (χ3v) is 4.54. The first-order chi connectivity index (χ1) is 13.2. The Bertz CT molecular complexity index is 798. The highest BCUT2D eigenvalue weighted by atomic mass is 16.2. The molecule has 5 nitrogen and oxygen atoms in total. The maximum Gasteiger partial charge on any atom is 0.255 e. The highest BCUT2D eigenvalue weighted by Gasteiger charge is 2.36. The van der Waals surface area contributed by atoms with Gasteiger partial charge in [0.1, 0.15) is 13.0 Å². The van der Waals surface area contributed by atoms with Crippen LogP contribution in [0.2, 0.25) is 0 Å². The van der Waals surface area contributed by atoms with E-state index in [4.69, 9.17) is 10.5 Å². The van der Waals surface area contributed by atoms with Crippen LogP contribution in [0.5, 0.6) is 0 Å². The Morgan fingerprint density at radius 1 is 1.04 bits per heavy atom. The van der Waals surface area contributed by atoms with Gasteiger partial charge >= 0.3 is 0 Å². The van der Waals surface area contributed by atoms with Gasteiger partial charge in [0.2, 0.25) is 0 Å². The summed E-state index contributed by atoms with van der Waals surface area (Å²) in [6.07, 6.45) is 4.06. The van der Waals surface area contributed by atoms with Gasteiger partial charge in [-0.25, -0.2) is 0 Å². The summed E-state index contributed by atoms with van der Waals surface area (Å²) in [5, 5.41) is 3.11. The fourth-order valence-electron chi connectivity index (χ4n) is 3.35. The predicted molar refractivity (Wildman–Crippen MR) is 109 cm³/mol. The van der Waals surface area contributed by atoms with E-state index in [1.807, 2.05) is 55.3 Å². The average molecular weight is 363 g/mol. The van der Waals surface area contributed by atoms with Gasteiger partial charge in [0.05, 0.1) is 11.3 Å². The van der Waals surface area contributed by atoms with E-state index in [1.54, 1.807) is 12.2 Å². The number of nitrogens with zero attached hydrogens (tertiary/aromatic N) is 1. The van der Waals surface area contributed by atoms with Crippen LogP contribution in [-0.4, -0.2) is 19.2 Å². The molecule has 0 unspecified atom stereocenters. The molecule has 27 heavy (non-hydrogen) atoms. The summed E-state index contributed by atoms with van der Waals surface area (Å²) in [4.78, 5) is 22.7. The van der Waals surface area contributed by atoms with E-state index in [0.29, 0.717) is 0 Å². The molecule has 0 radical (unpaired) electrons. The second kappa shape index (κ2) is 9.50. The summed E-state index contributed by atoms with van der Waals surface area (Å²) < 4.78 is 0. The zero-order valence-electron chi connectivity index (χ0n) is 15.3. The van der Waals surface area contributed by atoms with E-state index in [1.165, 1.54) is 0 Å². The molecule has 4 rings (SSSR count). The molecule has 2 aliphatic heterocycles. The van der Waals surface area contributed by atoms with Gasteiger partial charge in [0.25, 0.3) is 5.91 Å². The Morgan fingerprint density at radius 2 is 1.70 bits per heavy atom. The molecule has 3 N–H and O–H groups in total. The van der Waals surface area contributed by atoms with Crippen molar-refractivity contribution in [2.75, 3.05) is 11.4 Å². The Hall–Kier alpha value is -3.18. The summed E-state index contributed by atoms with van der Waals surface area (Å²) in [6.45, 7) is 9.57. The van der Waals surface area contributed by atoms with Crippen LogP contribution in [0.4, 0.5) is 5.69 Å². The Balaban J connectivity index is 0.000000389. The number of anilines is 1. The molecular weight excluding hydrogens is 338 g/mol. The normalized spacial score (nSPS) is 19.1. The third kappa shape index (κ3) is 4.15. The SMILES string of the molecule is C=CC=C.C=O.N[C@H]1CCN2c3c(cccc31)C(=O)N[C@@H]2c1ccccc1. The largest absolute Gasteiger partial charge is 0.346 e. The Kier molecular flexibility index (Phi) is 7.08. The number of nitrogens with one attached hydrogen (secondary N) is 1. The standard InChI is InChI=1S/C17H17N3O.C4H6.CH2O/c18-14-9-10-20-15-12(14)7-4-8-13(15)17(21)19-16(20)11-5-2-1-3-6-11;1-3-4-2;1-2/h1-8,14,16H,9-10,18H2,(H,19,21);3-4H,1-2H2;1H2/t14-,16-;;/m0../s1. The van der Waals surface area contributed by atoms with Crippen molar-refractivity contribution in [3.8, 4) is 0 Å². The molecule has 140 valence electrons. The minimum Gasteiger partial charge on any atom is -0.346 e. The lowest BCUT2D eigenvalue weighted by Crippen LogP contribution is -2.49. The molecule has 2 aliphatic rings. The quantitative estimate of drug-likeness (QED) is 0.801. The zero-order chi connectivity index (χ0) is 19.8. The Morgan fingerprint density at radius 3 is 2.33 bits per heavy atom. The molecular formula is C22H25N3O2. The van der Waals surface area contributed by atoms with Crippen LogP contribution in [0.15, 0.2) is 73.8 Å². The third-order valence-electron chi connectivity index (χ3n) is 4.54. The second-order valence-electron chi connectivity index (χ2n) is 6.09. The number of rotatable bonds is 2. The van der Waals surface area contributed by atoms with E-state index in [2.05, 4.69) is 23.4 Å². The molecule has 0 bridgehead atoms. The maximum atomic E-state index is 12.4. The zero-order valence-corrected chi connectivity index (χ0v) is 15.3. The first-order valence-electron chi connectivity index (χ1n) is 8.70. The monoisotopic (exact) mass is 363 g/mol. The van der Waals surface area contributed by atoms with Crippen molar-refractivity contribution in [3.05, 3.63) is 90.5 Å². The molecule has 2 heterocycles. The molecule has 1 amide bonds. The number of hydrogen-bond acceptors (Lipinski definition) is 4. The van der Waals surface area contributed by atoms with Gasteiger partial charge in [-0.1, -0.05) is 67.8 Å². The van der Waals surface area contributed by atoms with Gasteiger partial charge in [-0.2, -0.15) is 0 Å². The molecule has 0 saturated heterocycles. The second-order valence-corrected chi connectivity index (χ2v) is 6.09. The van der Waals surface area contributed by atoms with Crippen LogP contribution >= 0.6 is 0 Å². The molecule has 0 spiro atoms. The highest BCUT2D eigenvalue weighted by molar-refractivity contribution is 6.03. The molecule has 0 saturated carbocycles. The summed E-state index contributed by atoms with van der Waals surface area (Å²) in [7, 11) is 0. The molecule has 0 aliphatic carbocycles. The summed E-state index contributed by atoms with van der Waals surface area (Å²) in [6, 6.07) is 15.9. The van der Waals surface area contributed by atoms with Crippen LogP contribution in [0.25, 0.3) is 0 Å². The van der Waals surface area contributed by atoms with Crippen molar-refractivity contribution in [3.63, 3.8) is 0 Å². The van der Waals surface area contributed by atoms with E-state index in [-0.39, 0.29) is 18.1 Å². The van der Waals surface area contributed by atoms with E-state index in [9.17, 15) is 4.79 Å². The number of allylic oxidation sites excluding steroid dienone is 2. The van der Waals surface area contributed by atoms with Gasteiger partial charge in [-0.3, -0.25) is 4.79 Å². The molecule has 5 heteroatoms. The number of nitrogens with two attached hydrogens (primary N) is 1. The van der Waals surface area contributed by atoms with Crippen molar-refractivity contribution in [1.29, 1.82) is 0 Å². The van der Waals surface area contributed by atoms with Crippen LogP contribution in [-0.2, 0) is 4.79 Å². The number of amides is 1. The number of carbonyl (C=O) groups is 2. The van der Waals surface area contributed by atoms with Gasteiger partial charge in [-0.05, 0) is 23.6 Å². The van der Waals surface area contributed by atoms with Crippen molar-refractivity contribution in [2.45, 2.75) is 18.6 Å². The van der Waals surface area contributed by atoms with Crippen molar-refractivity contribution in [2.24, 2.45) is 5.73 Å². The fourth-order valence-corrected chi connectivity index (χ4v) is 3.35. The summed E-state index contributed by atoms with van der Waals surface area (Å²) in [5.74, 6) is -0.0222. The first-order valence-corrected chi connectivity index (χ1v) is 8.70. The minimum atomic E-state index is -0.111. The van der Waals surface area contributed by atoms with E-state index in [0.717, 1.165) is 35.3 Å². The topological polar surface area (TPSA) is 75.4 Å². The van der Waals surface area contributed by atoms with Gasteiger partial charge < -0.3 is 20.7 Å². The maximum absolute atomic E-state index is 12.4. The molecule has 0 aromatic heterocycles. The number of carbonyl (C=O) groups excluding carboxylic acids is 2. The first kappa shape index (κ1) is 20.1. The number of para-hydroxylation sites is 1. The predicted octanol–water partition coefficient (Wildman–Crippen LogP) is 3.51. The van der Waals surface area contributed by atoms with E-state index < -0.39 is 0 Å². The average Bonchev–Trinajstić information content (AvgIpc) is 2.74. The van der Waals surface area contributed by atoms with Crippen molar-refractivity contribution < 1.29 is 9.59 Å². The highest BCUT2D eigenvalue weighted by Crippen LogP contribution is 2.41. The van der Waals surface area contributed by atoms with Gasteiger partial charge in [-0.15, -0.1) is 0 Å². The van der Waals surface area contributed by atoms with Crippen LogP contribution in [0.3, 0.4) is 0 Å². The van der Waals surface area contributed by atoms with Crippen LogP contribution < -0.4 is 16.0 Å². The summed E-state index contributed by atoms with van der Waals surface area (Å²) >= 11 is 0. The number of benzene rings is 2. The van der Waals surface area contributed by atoms with Crippen LogP contribution in [0.1, 0.15) is 40.1 Å². The number of hydrogen-bond donors (Lipinski definition) is 2. The Labute approximate surface area is 160 Å². The lowest BCUT2D eigenvalue weighted by atomic mass is 9.90. The fraction of sp³-hybridized carbons (Fsp3) is 0.182. The van der Waals surface area contributed by atoms with Crippen molar-refractivity contribution in [1.82, 2.24) is 5.32 Å². The van der Waals surface area contributed by atoms with Gasteiger partial charge in [0.15, 0.2) is 0 Å². The lowest BCUT2D eigenvalue weighted by Gasteiger charge is -2.44. The van der Waals surface area contributed by atoms with Crippen molar-refractivity contribution >= 4 is 18.4 Å². The minimum absolute atomic E-state index is 0.0125. The molecule has 2 aromatic carbocycles. The lowest BCUT2D eigenvalue weighted by molar-refractivity contribution is -0.0980. The van der Waals surface area contributed by atoms with E-state index >= 15 is 0 Å². The molecule has 2 aromatic rings. The van der Waals surface area contributed by atoms with Crippen LogP contribution in [0, 0.1) is 0 Å². The smallest absolute Gasteiger partial charge is 0.255 e. The molecule has 0 fully saturated rings. The molecule has 2 atom stereocenters. The van der Waals surface area contributed by atoms with Gasteiger partial charge in [0, 0.05) is 12.6 Å².